The van der Waals surface area contributed by atoms with Crippen molar-refractivity contribution in [3.05, 3.63) is 0 Å². The number of guanidine groups is 1. The van der Waals surface area contributed by atoms with Gasteiger partial charge in [-0.25, -0.2) is 0 Å². The van der Waals surface area contributed by atoms with Gasteiger partial charge in [-0.3, -0.25) is 9.89 Å². The molecule has 2 aliphatic rings. The molecule has 0 aromatic rings. The van der Waals surface area contributed by atoms with Crippen molar-refractivity contribution in [2.24, 2.45) is 4.99 Å². The van der Waals surface area contributed by atoms with E-state index in [0.717, 1.165) is 13.0 Å². The molecule has 20 heavy (non-hydrogen) atoms. The number of rotatable bonds is 3. The second-order valence-corrected chi connectivity index (χ2v) is 4.60. The van der Waals surface area contributed by atoms with Crippen LogP contribution in [-0.4, -0.2) is 69.0 Å². The van der Waals surface area contributed by atoms with Gasteiger partial charge in [-0.2, -0.15) is 13.2 Å². The summed E-state index contributed by atoms with van der Waals surface area (Å²) in [7, 11) is 0. The summed E-state index contributed by atoms with van der Waals surface area (Å²) in [5.41, 5.74) is 0. The van der Waals surface area contributed by atoms with Gasteiger partial charge < -0.3 is 15.4 Å². The van der Waals surface area contributed by atoms with Crippen molar-refractivity contribution in [3.8, 4) is 0 Å². The molecule has 2 rings (SSSR count). The van der Waals surface area contributed by atoms with Gasteiger partial charge in [0.05, 0.1) is 13.2 Å². The average Bonchev–Trinajstić information content (AvgIpc) is 2.40. The number of nitrogens with zero attached hydrogens (tertiary/aromatic N) is 2. The molecule has 1 fully saturated rings. The summed E-state index contributed by atoms with van der Waals surface area (Å²) >= 11 is 0. The first kappa shape index (κ1) is 17.8. The largest absolute Gasteiger partial charge is 0.405 e. The molecule has 0 bridgehead atoms. The lowest BCUT2D eigenvalue weighted by Gasteiger charge is -2.35. The fraction of sp³-hybridized carbons (Fsp3) is 0.909. The van der Waals surface area contributed by atoms with Crippen molar-refractivity contribution in [2.75, 3.05) is 45.9 Å². The van der Waals surface area contributed by atoms with E-state index in [1.807, 2.05) is 0 Å². The van der Waals surface area contributed by atoms with E-state index in [9.17, 15) is 13.2 Å². The van der Waals surface area contributed by atoms with Gasteiger partial charge in [0.15, 0.2) is 5.96 Å². The predicted octanol–water partition coefficient (Wildman–Crippen LogP) is 0.806. The van der Waals surface area contributed by atoms with Crippen LogP contribution in [0.5, 0.6) is 0 Å². The highest BCUT2D eigenvalue weighted by Crippen LogP contribution is 2.25. The molecule has 2 heterocycles. The highest BCUT2D eigenvalue weighted by molar-refractivity contribution is 14.0. The lowest BCUT2D eigenvalue weighted by molar-refractivity contribution is -0.189. The third-order valence-corrected chi connectivity index (χ3v) is 3.22. The Morgan fingerprint density at radius 3 is 2.60 bits per heavy atom. The molecule has 1 saturated heterocycles. The zero-order chi connectivity index (χ0) is 13.7. The number of ether oxygens (including phenoxy) is 1. The fourth-order valence-electron chi connectivity index (χ4n) is 2.19. The Bertz CT molecular complexity index is 321. The van der Waals surface area contributed by atoms with Gasteiger partial charge in [0.2, 0.25) is 0 Å². The van der Waals surface area contributed by atoms with E-state index in [1.54, 1.807) is 0 Å². The summed E-state index contributed by atoms with van der Waals surface area (Å²) in [4.78, 5) is 5.53. The molecular weight excluding hydrogens is 388 g/mol. The summed E-state index contributed by atoms with van der Waals surface area (Å²) in [5.74, 6) is 0.466. The van der Waals surface area contributed by atoms with Crippen molar-refractivity contribution in [1.29, 1.82) is 0 Å². The summed E-state index contributed by atoms with van der Waals surface area (Å²) in [5, 5.41) is 5.72. The normalized spacial score (nSPS) is 22.2. The molecule has 0 radical (unpaired) electrons. The maximum absolute atomic E-state index is 13.1. The maximum Gasteiger partial charge on any atom is 0.405 e. The van der Waals surface area contributed by atoms with Gasteiger partial charge in [0.1, 0.15) is 6.04 Å². The summed E-state index contributed by atoms with van der Waals surface area (Å²) < 4.78 is 44.3. The van der Waals surface area contributed by atoms with Gasteiger partial charge in [0, 0.05) is 32.7 Å². The Morgan fingerprint density at radius 2 is 2.05 bits per heavy atom. The second-order valence-electron chi connectivity index (χ2n) is 4.60. The number of hydrogen-bond acceptors (Lipinski definition) is 5. The first-order valence-corrected chi connectivity index (χ1v) is 6.48. The molecule has 1 atom stereocenters. The molecule has 2 aliphatic heterocycles. The molecular formula is C11H20F3IN4O. The minimum absolute atomic E-state index is 0. The van der Waals surface area contributed by atoms with Crippen molar-refractivity contribution >= 4 is 29.9 Å². The molecule has 2 N–H and O–H groups in total. The lowest BCUT2D eigenvalue weighted by atomic mass is 10.2. The van der Waals surface area contributed by atoms with Crippen LogP contribution < -0.4 is 10.6 Å². The van der Waals surface area contributed by atoms with Crippen molar-refractivity contribution in [1.82, 2.24) is 15.5 Å². The second kappa shape index (κ2) is 8.23. The van der Waals surface area contributed by atoms with E-state index >= 15 is 0 Å². The fourth-order valence-corrected chi connectivity index (χ4v) is 2.19. The van der Waals surface area contributed by atoms with E-state index in [2.05, 4.69) is 15.6 Å². The van der Waals surface area contributed by atoms with Crippen LogP contribution in [0.4, 0.5) is 13.2 Å². The number of alkyl halides is 3. The molecule has 0 amide bonds. The number of morpholine rings is 1. The molecule has 5 nitrogen and oxygen atoms in total. The lowest BCUT2D eigenvalue weighted by Crippen LogP contribution is -2.56. The molecule has 0 aromatic heterocycles. The first-order valence-electron chi connectivity index (χ1n) is 6.48. The monoisotopic (exact) mass is 408 g/mol. The van der Waals surface area contributed by atoms with Crippen LogP contribution >= 0.6 is 24.0 Å². The Balaban J connectivity index is 0.00000200. The third-order valence-electron chi connectivity index (χ3n) is 3.22. The van der Waals surface area contributed by atoms with Crippen LogP contribution in [0.2, 0.25) is 0 Å². The van der Waals surface area contributed by atoms with Gasteiger partial charge >= 0.3 is 6.18 Å². The Kier molecular flexibility index (Phi) is 7.30. The summed E-state index contributed by atoms with van der Waals surface area (Å²) in [6, 6.07) is -1.50. The number of halogens is 4. The molecule has 0 aromatic carbocycles. The van der Waals surface area contributed by atoms with E-state index < -0.39 is 12.2 Å². The Hall–Kier alpha value is -0.290. The van der Waals surface area contributed by atoms with Crippen LogP contribution in [0.3, 0.4) is 0 Å². The quantitative estimate of drug-likeness (QED) is 0.679. The third kappa shape index (κ3) is 5.24. The SMILES string of the molecule is FC(F)(F)C(CNC1=NCCCN1)N1CCOCC1.I. The van der Waals surface area contributed by atoms with E-state index in [-0.39, 0.29) is 30.5 Å². The summed E-state index contributed by atoms with van der Waals surface area (Å²) in [6.07, 6.45) is -3.34. The zero-order valence-electron chi connectivity index (χ0n) is 11.1. The van der Waals surface area contributed by atoms with Crippen LogP contribution in [0.1, 0.15) is 6.42 Å². The maximum atomic E-state index is 13.1. The number of aliphatic imine (C=N–C) groups is 1. The Labute approximate surface area is 133 Å². The van der Waals surface area contributed by atoms with Gasteiger partial charge in [0.25, 0.3) is 0 Å². The van der Waals surface area contributed by atoms with E-state index in [4.69, 9.17) is 4.74 Å². The van der Waals surface area contributed by atoms with Gasteiger partial charge in [-0.1, -0.05) is 0 Å². The highest BCUT2D eigenvalue weighted by Gasteiger charge is 2.43. The average molecular weight is 408 g/mol. The van der Waals surface area contributed by atoms with E-state index in [1.165, 1.54) is 4.90 Å². The molecule has 9 heteroatoms. The molecule has 118 valence electrons. The number of nitrogens with one attached hydrogen (secondary N) is 2. The van der Waals surface area contributed by atoms with Crippen LogP contribution in [0.15, 0.2) is 4.99 Å². The van der Waals surface area contributed by atoms with Gasteiger partial charge in [-0.05, 0) is 6.42 Å². The van der Waals surface area contributed by atoms with Crippen LogP contribution in [0.25, 0.3) is 0 Å². The van der Waals surface area contributed by atoms with E-state index in [0.29, 0.717) is 38.8 Å². The molecule has 0 spiro atoms. The number of hydrogen-bond donors (Lipinski definition) is 2. The molecule has 1 unspecified atom stereocenters. The molecule has 0 aliphatic carbocycles. The minimum Gasteiger partial charge on any atom is -0.379 e. The van der Waals surface area contributed by atoms with Crippen LogP contribution in [0, 0.1) is 0 Å². The predicted molar refractivity (Wildman–Crippen MR) is 80.6 cm³/mol. The first-order chi connectivity index (χ1) is 9.07. The molecule has 0 saturated carbocycles. The van der Waals surface area contributed by atoms with Crippen molar-refractivity contribution in [3.63, 3.8) is 0 Å². The minimum atomic E-state index is -4.25. The van der Waals surface area contributed by atoms with Crippen molar-refractivity contribution < 1.29 is 17.9 Å². The smallest absolute Gasteiger partial charge is 0.379 e. The topological polar surface area (TPSA) is 48.9 Å². The highest BCUT2D eigenvalue weighted by atomic mass is 127. The zero-order valence-corrected chi connectivity index (χ0v) is 13.4. The Morgan fingerprint density at radius 1 is 1.35 bits per heavy atom. The van der Waals surface area contributed by atoms with Crippen molar-refractivity contribution in [2.45, 2.75) is 18.6 Å². The van der Waals surface area contributed by atoms with Crippen LogP contribution in [-0.2, 0) is 4.74 Å². The standard InChI is InChI=1S/C11H19F3N4O.HI/c12-11(13,14)9(18-4-6-19-7-5-18)8-17-10-15-2-1-3-16-10;/h9H,1-8H2,(H2,15,16,17);1H. The summed E-state index contributed by atoms with van der Waals surface area (Å²) in [6.45, 7) is 2.55. The van der Waals surface area contributed by atoms with Gasteiger partial charge in [-0.15, -0.1) is 24.0 Å².